The quantitative estimate of drug-likeness (QED) is 0.304. The molecule has 154 valence electrons. The standard InChI is InChI=1S/C18H21F3N4O2.HI/c1-2-22-17(25-12-16(26)23-11-15-7-4-8-27-15)24-10-13-5-3-6-14(9-13)18(19,20)21;/h3-9H,2,10-12H2,1H3,(H,23,26)(H2,22,24,25);1H. The van der Waals surface area contributed by atoms with Crippen molar-refractivity contribution in [2.45, 2.75) is 26.2 Å². The molecule has 0 aliphatic rings. The number of guanidine groups is 1. The molecule has 0 radical (unpaired) electrons. The summed E-state index contributed by atoms with van der Waals surface area (Å²) in [5.74, 6) is 0.701. The van der Waals surface area contributed by atoms with Gasteiger partial charge in [0.2, 0.25) is 5.91 Å². The normalized spacial score (nSPS) is 11.5. The highest BCUT2D eigenvalue weighted by Gasteiger charge is 2.30. The van der Waals surface area contributed by atoms with Gasteiger partial charge in [-0.25, -0.2) is 4.99 Å². The van der Waals surface area contributed by atoms with Crippen LogP contribution in [-0.2, 0) is 24.1 Å². The first kappa shape index (κ1) is 23.8. The Kier molecular flexibility index (Phi) is 9.83. The summed E-state index contributed by atoms with van der Waals surface area (Å²) >= 11 is 0. The van der Waals surface area contributed by atoms with Crippen molar-refractivity contribution in [1.82, 2.24) is 16.0 Å². The van der Waals surface area contributed by atoms with E-state index in [-0.39, 0.29) is 49.5 Å². The minimum Gasteiger partial charge on any atom is -0.467 e. The highest BCUT2D eigenvalue weighted by molar-refractivity contribution is 14.0. The second-order valence-electron chi connectivity index (χ2n) is 5.60. The van der Waals surface area contributed by atoms with Crippen LogP contribution in [0.25, 0.3) is 0 Å². The van der Waals surface area contributed by atoms with Crippen LogP contribution in [0.3, 0.4) is 0 Å². The molecule has 2 aromatic rings. The molecule has 1 aromatic carbocycles. The number of furan rings is 1. The van der Waals surface area contributed by atoms with Crippen molar-refractivity contribution in [3.05, 3.63) is 59.5 Å². The van der Waals surface area contributed by atoms with Crippen LogP contribution in [0.15, 0.2) is 52.1 Å². The van der Waals surface area contributed by atoms with Gasteiger partial charge in [0.25, 0.3) is 0 Å². The zero-order valence-corrected chi connectivity index (χ0v) is 17.5. The monoisotopic (exact) mass is 510 g/mol. The van der Waals surface area contributed by atoms with Gasteiger partial charge in [-0.2, -0.15) is 13.2 Å². The summed E-state index contributed by atoms with van der Waals surface area (Å²) in [5.41, 5.74) is -0.297. The Labute approximate surface area is 178 Å². The van der Waals surface area contributed by atoms with E-state index in [9.17, 15) is 18.0 Å². The van der Waals surface area contributed by atoms with Gasteiger partial charge < -0.3 is 20.4 Å². The molecule has 1 amide bonds. The van der Waals surface area contributed by atoms with Gasteiger partial charge in [0, 0.05) is 6.54 Å². The third kappa shape index (κ3) is 8.19. The first-order valence-electron chi connectivity index (χ1n) is 8.36. The summed E-state index contributed by atoms with van der Waals surface area (Å²) < 4.78 is 43.4. The van der Waals surface area contributed by atoms with Crippen molar-refractivity contribution in [2.75, 3.05) is 13.1 Å². The predicted molar refractivity (Wildman–Crippen MR) is 110 cm³/mol. The van der Waals surface area contributed by atoms with E-state index in [1.54, 1.807) is 18.2 Å². The summed E-state index contributed by atoms with van der Waals surface area (Å²) in [6.45, 7) is 2.68. The molecular weight excluding hydrogens is 488 g/mol. The van der Waals surface area contributed by atoms with E-state index in [2.05, 4.69) is 20.9 Å². The lowest BCUT2D eigenvalue weighted by molar-refractivity contribution is -0.137. The van der Waals surface area contributed by atoms with E-state index in [4.69, 9.17) is 4.42 Å². The van der Waals surface area contributed by atoms with Gasteiger partial charge in [0.15, 0.2) is 5.96 Å². The first-order chi connectivity index (χ1) is 12.9. The van der Waals surface area contributed by atoms with Gasteiger partial charge in [-0.05, 0) is 36.8 Å². The molecule has 0 aliphatic carbocycles. The molecule has 0 saturated heterocycles. The summed E-state index contributed by atoms with van der Waals surface area (Å²) in [6.07, 6.45) is -2.88. The molecule has 0 bridgehead atoms. The Hall–Kier alpha value is -2.24. The average molecular weight is 510 g/mol. The topological polar surface area (TPSA) is 78.7 Å². The minimum atomic E-state index is -4.39. The zero-order chi connectivity index (χ0) is 19.7. The number of nitrogens with zero attached hydrogens (tertiary/aromatic N) is 1. The summed E-state index contributed by atoms with van der Waals surface area (Å²) in [4.78, 5) is 16.1. The fourth-order valence-corrected chi connectivity index (χ4v) is 2.18. The Bertz CT molecular complexity index is 764. The van der Waals surface area contributed by atoms with E-state index >= 15 is 0 Å². The summed E-state index contributed by atoms with van der Waals surface area (Å²) in [7, 11) is 0. The van der Waals surface area contributed by atoms with Gasteiger partial charge >= 0.3 is 6.18 Å². The molecule has 0 saturated carbocycles. The Balaban J connectivity index is 0.00000392. The molecule has 1 heterocycles. The highest BCUT2D eigenvalue weighted by atomic mass is 127. The number of halogens is 4. The number of amides is 1. The van der Waals surface area contributed by atoms with E-state index in [1.807, 2.05) is 6.92 Å². The number of hydrogen-bond acceptors (Lipinski definition) is 3. The number of nitrogens with one attached hydrogen (secondary N) is 3. The lowest BCUT2D eigenvalue weighted by Crippen LogP contribution is -2.43. The Morgan fingerprint density at radius 2 is 1.93 bits per heavy atom. The maximum absolute atomic E-state index is 12.8. The third-order valence-electron chi connectivity index (χ3n) is 3.47. The van der Waals surface area contributed by atoms with Gasteiger partial charge in [0.1, 0.15) is 5.76 Å². The number of hydrogen-bond donors (Lipinski definition) is 3. The molecule has 0 fully saturated rings. The predicted octanol–water partition coefficient (Wildman–Crippen LogP) is 3.29. The third-order valence-corrected chi connectivity index (χ3v) is 3.47. The fraction of sp³-hybridized carbons (Fsp3) is 0.333. The van der Waals surface area contributed by atoms with E-state index in [1.165, 1.54) is 12.3 Å². The number of carbonyl (C=O) groups excluding carboxylic acids is 1. The minimum absolute atomic E-state index is 0. The molecule has 1 aromatic heterocycles. The van der Waals surface area contributed by atoms with Gasteiger partial charge in [-0.15, -0.1) is 24.0 Å². The van der Waals surface area contributed by atoms with Crippen molar-refractivity contribution in [2.24, 2.45) is 4.99 Å². The van der Waals surface area contributed by atoms with Crippen LogP contribution >= 0.6 is 24.0 Å². The second kappa shape index (κ2) is 11.6. The first-order valence-corrected chi connectivity index (χ1v) is 8.36. The molecule has 0 aliphatic heterocycles. The number of benzene rings is 1. The molecule has 28 heavy (non-hydrogen) atoms. The Morgan fingerprint density at radius 3 is 2.57 bits per heavy atom. The number of carbonyl (C=O) groups is 1. The zero-order valence-electron chi connectivity index (χ0n) is 15.2. The fourth-order valence-electron chi connectivity index (χ4n) is 2.18. The molecule has 2 rings (SSSR count). The molecular formula is C18H22F3IN4O2. The lowest BCUT2D eigenvalue weighted by atomic mass is 10.1. The maximum Gasteiger partial charge on any atom is 0.416 e. The van der Waals surface area contributed by atoms with Gasteiger partial charge in [-0.3, -0.25) is 4.79 Å². The lowest BCUT2D eigenvalue weighted by Gasteiger charge is -2.12. The molecule has 0 spiro atoms. The highest BCUT2D eigenvalue weighted by Crippen LogP contribution is 2.29. The Morgan fingerprint density at radius 1 is 1.14 bits per heavy atom. The summed E-state index contributed by atoms with van der Waals surface area (Å²) in [5, 5.41) is 8.46. The van der Waals surface area contributed by atoms with E-state index in [0.717, 1.165) is 12.1 Å². The van der Waals surface area contributed by atoms with Crippen molar-refractivity contribution >= 4 is 35.8 Å². The molecule has 3 N–H and O–H groups in total. The molecule has 10 heteroatoms. The number of aliphatic imine (C=N–C) groups is 1. The van der Waals surface area contributed by atoms with Crippen LogP contribution in [0.2, 0.25) is 0 Å². The largest absolute Gasteiger partial charge is 0.467 e. The SMILES string of the molecule is CCNC(=NCc1cccc(C(F)(F)F)c1)NCC(=O)NCc1ccco1.I. The van der Waals surface area contributed by atoms with Crippen LogP contribution in [0.4, 0.5) is 13.2 Å². The van der Waals surface area contributed by atoms with Crippen molar-refractivity contribution in [1.29, 1.82) is 0 Å². The van der Waals surface area contributed by atoms with Crippen LogP contribution in [0.5, 0.6) is 0 Å². The van der Waals surface area contributed by atoms with Crippen molar-refractivity contribution in [3.63, 3.8) is 0 Å². The van der Waals surface area contributed by atoms with E-state index in [0.29, 0.717) is 23.8 Å². The van der Waals surface area contributed by atoms with Crippen LogP contribution in [0.1, 0.15) is 23.8 Å². The average Bonchev–Trinajstić information content (AvgIpc) is 3.15. The van der Waals surface area contributed by atoms with Crippen LogP contribution in [-0.4, -0.2) is 25.0 Å². The van der Waals surface area contributed by atoms with E-state index < -0.39 is 11.7 Å². The van der Waals surface area contributed by atoms with Crippen LogP contribution in [0, 0.1) is 0 Å². The smallest absolute Gasteiger partial charge is 0.416 e. The molecule has 0 unspecified atom stereocenters. The molecule has 6 nitrogen and oxygen atoms in total. The van der Waals surface area contributed by atoms with Gasteiger partial charge in [-0.1, -0.05) is 12.1 Å². The van der Waals surface area contributed by atoms with Crippen molar-refractivity contribution in [3.8, 4) is 0 Å². The number of alkyl halides is 3. The summed E-state index contributed by atoms with van der Waals surface area (Å²) in [6, 6.07) is 8.45. The van der Waals surface area contributed by atoms with Gasteiger partial charge in [0.05, 0.1) is 31.5 Å². The maximum atomic E-state index is 12.8. The molecule has 0 atom stereocenters. The van der Waals surface area contributed by atoms with Crippen LogP contribution < -0.4 is 16.0 Å². The van der Waals surface area contributed by atoms with Crippen molar-refractivity contribution < 1.29 is 22.4 Å². The second-order valence-corrected chi connectivity index (χ2v) is 5.60. The number of rotatable bonds is 7.